The Balaban J connectivity index is 1.94. The van der Waals surface area contributed by atoms with Gasteiger partial charge in [-0.3, -0.25) is 0 Å². The van der Waals surface area contributed by atoms with E-state index in [9.17, 15) is 5.11 Å². The average Bonchev–Trinajstić information content (AvgIpc) is 2.87. The molecular formula is C12H17N3O2. The van der Waals surface area contributed by atoms with Crippen LogP contribution in [-0.2, 0) is 6.42 Å². The Bertz CT molecular complexity index is 410. The highest BCUT2D eigenvalue weighted by Gasteiger charge is 2.27. The molecule has 1 heterocycles. The summed E-state index contributed by atoms with van der Waals surface area (Å²) < 4.78 is 5.10. The molecule has 1 fully saturated rings. The van der Waals surface area contributed by atoms with E-state index in [0.717, 1.165) is 24.6 Å². The van der Waals surface area contributed by atoms with Crippen LogP contribution >= 0.6 is 0 Å². The van der Waals surface area contributed by atoms with Crippen molar-refractivity contribution in [1.29, 1.82) is 5.26 Å². The van der Waals surface area contributed by atoms with Gasteiger partial charge in [-0.15, -0.1) is 0 Å². The van der Waals surface area contributed by atoms with Gasteiger partial charge in [-0.25, -0.2) is 0 Å². The van der Waals surface area contributed by atoms with Gasteiger partial charge in [-0.05, 0) is 25.2 Å². The molecule has 0 saturated heterocycles. The summed E-state index contributed by atoms with van der Waals surface area (Å²) in [4.78, 5) is 4.30. The molecule has 0 bridgehead atoms. The molecule has 1 N–H and O–H groups in total. The Kier molecular flexibility index (Phi) is 3.75. The predicted molar refractivity (Wildman–Crippen MR) is 60.0 cm³/mol. The topological polar surface area (TPSA) is 82.9 Å². The summed E-state index contributed by atoms with van der Waals surface area (Å²) >= 11 is 0. The molecule has 1 aromatic rings. The Labute approximate surface area is 100 Å². The summed E-state index contributed by atoms with van der Waals surface area (Å²) in [6, 6.07) is 1.92. The third-order valence-electron chi connectivity index (χ3n) is 3.28. The second kappa shape index (κ2) is 5.28. The van der Waals surface area contributed by atoms with Crippen molar-refractivity contribution >= 4 is 0 Å². The van der Waals surface area contributed by atoms with Crippen LogP contribution in [0, 0.1) is 17.2 Å². The molecule has 0 spiro atoms. The van der Waals surface area contributed by atoms with Gasteiger partial charge in [0.15, 0.2) is 5.82 Å². The van der Waals surface area contributed by atoms with Crippen LogP contribution in [0.5, 0.6) is 0 Å². The number of aromatic nitrogens is 2. The van der Waals surface area contributed by atoms with Gasteiger partial charge in [0.1, 0.15) is 0 Å². The smallest absolute Gasteiger partial charge is 0.229 e. The zero-order chi connectivity index (χ0) is 12.3. The highest BCUT2D eigenvalue weighted by atomic mass is 16.5. The van der Waals surface area contributed by atoms with Crippen molar-refractivity contribution in [3.63, 3.8) is 0 Å². The Morgan fingerprint density at radius 2 is 2.41 bits per heavy atom. The zero-order valence-electron chi connectivity index (χ0n) is 9.96. The van der Waals surface area contributed by atoms with E-state index < -0.39 is 6.10 Å². The predicted octanol–water partition coefficient (Wildman–Crippen LogP) is 1.79. The van der Waals surface area contributed by atoms with Crippen molar-refractivity contribution in [3.8, 4) is 6.07 Å². The molecule has 0 amide bonds. The molecule has 17 heavy (non-hydrogen) atoms. The van der Waals surface area contributed by atoms with Crippen LogP contribution in [0.2, 0.25) is 0 Å². The fraction of sp³-hybridized carbons (Fsp3) is 0.750. The van der Waals surface area contributed by atoms with Gasteiger partial charge >= 0.3 is 0 Å². The Morgan fingerprint density at radius 1 is 1.59 bits per heavy atom. The van der Waals surface area contributed by atoms with Gasteiger partial charge < -0.3 is 9.63 Å². The van der Waals surface area contributed by atoms with E-state index in [1.54, 1.807) is 0 Å². The Hall–Kier alpha value is -1.41. The number of aliphatic hydroxyl groups excluding tert-OH is 1. The van der Waals surface area contributed by atoms with E-state index in [-0.39, 0.29) is 12.8 Å². The van der Waals surface area contributed by atoms with Gasteiger partial charge in [0.2, 0.25) is 5.89 Å². The molecule has 3 unspecified atom stereocenters. The maximum absolute atomic E-state index is 9.47. The summed E-state index contributed by atoms with van der Waals surface area (Å²) in [7, 11) is 0. The van der Waals surface area contributed by atoms with E-state index >= 15 is 0 Å². The summed E-state index contributed by atoms with van der Waals surface area (Å²) in [5.41, 5.74) is 0. The molecule has 1 saturated carbocycles. The van der Waals surface area contributed by atoms with E-state index in [1.807, 2.05) is 6.07 Å². The number of aliphatic hydroxyl groups is 1. The molecule has 2 rings (SSSR count). The number of nitriles is 1. The van der Waals surface area contributed by atoms with Crippen LogP contribution in [0.25, 0.3) is 0 Å². The first-order valence-corrected chi connectivity index (χ1v) is 6.06. The van der Waals surface area contributed by atoms with Gasteiger partial charge in [0, 0.05) is 5.92 Å². The lowest BCUT2D eigenvalue weighted by Crippen LogP contribution is -2.09. The monoisotopic (exact) mass is 235 g/mol. The van der Waals surface area contributed by atoms with Gasteiger partial charge in [0.25, 0.3) is 0 Å². The van der Waals surface area contributed by atoms with Crippen molar-refractivity contribution in [2.24, 2.45) is 5.92 Å². The quantitative estimate of drug-likeness (QED) is 0.860. The maximum Gasteiger partial charge on any atom is 0.229 e. The molecular weight excluding hydrogens is 218 g/mol. The largest absolute Gasteiger partial charge is 0.392 e. The fourth-order valence-corrected chi connectivity index (χ4v) is 2.34. The standard InChI is InChI=1S/C12H17N3O2/c1-8-2-3-9(6-8)12-14-11(17-15-12)7-10(16)4-5-13/h8-10,16H,2-4,6-7H2,1H3. The third kappa shape index (κ3) is 3.04. The molecule has 0 aromatic carbocycles. The normalized spacial score (nSPS) is 25.7. The van der Waals surface area contributed by atoms with Crippen molar-refractivity contribution in [2.75, 3.05) is 0 Å². The molecule has 1 aliphatic rings. The Morgan fingerprint density at radius 3 is 3.06 bits per heavy atom. The number of nitrogens with zero attached hydrogens (tertiary/aromatic N) is 3. The first kappa shape index (κ1) is 12.1. The number of hydrogen-bond acceptors (Lipinski definition) is 5. The number of hydrogen-bond donors (Lipinski definition) is 1. The zero-order valence-corrected chi connectivity index (χ0v) is 9.96. The van der Waals surface area contributed by atoms with E-state index in [1.165, 1.54) is 6.42 Å². The van der Waals surface area contributed by atoms with Crippen molar-refractivity contribution < 1.29 is 9.63 Å². The lowest BCUT2D eigenvalue weighted by atomic mass is 10.1. The summed E-state index contributed by atoms with van der Waals surface area (Å²) in [5.74, 6) is 2.32. The minimum Gasteiger partial charge on any atom is -0.392 e. The molecule has 5 nitrogen and oxygen atoms in total. The second-order valence-electron chi connectivity index (χ2n) is 4.88. The van der Waals surface area contributed by atoms with Crippen LogP contribution in [0.4, 0.5) is 0 Å². The average molecular weight is 235 g/mol. The summed E-state index contributed by atoms with van der Waals surface area (Å²) in [5, 5.41) is 21.9. The van der Waals surface area contributed by atoms with Gasteiger partial charge in [-0.2, -0.15) is 10.2 Å². The van der Waals surface area contributed by atoms with E-state index in [4.69, 9.17) is 9.78 Å². The molecule has 92 valence electrons. The van der Waals surface area contributed by atoms with Crippen LogP contribution < -0.4 is 0 Å². The second-order valence-corrected chi connectivity index (χ2v) is 4.88. The van der Waals surface area contributed by atoms with Crippen LogP contribution in [0.3, 0.4) is 0 Å². The minimum atomic E-state index is -0.712. The third-order valence-corrected chi connectivity index (χ3v) is 3.28. The van der Waals surface area contributed by atoms with Gasteiger partial charge in [0.05, 0.1) is 25.0 Å². The molecule has 1 aromatic heterocycles. The molecule has 0 radical (unpaired) electrons. The first-order valence-electron chi connectivity index (χ1n) is 6.06. The highest BCUT2D eigenvalue weighted by molar-refractivity contribution is 4.99. The molecule has 3 atom stereocenters. The van der Waals surface area contributed by atoms with Gasteiger partial charge in [-0.1, -0.05) is 12.1 Å². The van der Waals surface area contributed by atoms with Crippen LogP contribution in [0.15, 0.2) is 4.52 Å². The van der Waals surface area contributed by atoms with Crippen molar-refractivity contribution in [1.82, 2.24) is 10.1 Å². The van der Waals surface area contributed by atoms with Crippen LogP contribution in [0.1, 0.15) is 50.2 Å². The molecule has 0 aliphatic heterocycles. The lowest BCUT2D eigenvalue weighted by Gasteiger charge is -2.02. The molecule has 1 aliphatic carbocycles. The lowest BCUT2D eigenvalue weighted by molar-refractivity contribution is 0.167. The number of rotatable bonds is 4. The summed E-state index contributed by atoms with van der Waals surface area (Å²) in [6.45, 7) is 2.23. The fourth-order valence-electron chi connectivity index (χ4n) is 2.34. The van der Waals surface area contributed by atoms with E-state index in [2.05, 4.69) is 17.1 Å². The van der Waals surface area contributed by atoms with Crippen LogP contribution in [-0.4, -0.2) is 21.4 Å². The highest BCUT2D eigenvalue weighted by Crippen LogP contribution is 2.36. The molecule has 5 heteroatoms. The SMILES string of the molecule is CC1CCC(c2noc(CC(O)CC#N)n2)C1. The first-order chi connectivity index (χ1) is 8.19. The van der Waals surface area contributed by atoms with Crippen molar-refractivity contribution in [2.45, 2.75) is 51.0 Å². The minimum absolute atomic E-state index is 0.0954. The van der Waals surface area contributed by atoms with E-state index in [0.29, 0.717) is 11.8 Å². The summed E-state index contributed by atoms with van der Waals surface area (Å²) in [6.07, 6.45) is 3.09. The van der Waals surface area contributed by atoms with Crippen molar-refractivity contribution in [3.05, 3.63) is 11.7 Å². The maximum atomic E-state index is 9.47.